The van der Waals surface area contributed by atoms with Crippen molar-refractivity contribution < 1.29 is 14.3 Å². The maximum Gasteiger partial charge on any atom is 0.317 e. The normalized spacial score (nSPS) is 17.5. The molecule has 1 aromatic carbocycles. The van der Waals surface area contributed by atoms with Gasteiger partial charge in [0.1, 0.15) is 5.82 Å². The van der Waals surface area contributed by atoms with Gasteiger partial charge in [0.15, 0.2) is 0 Å². The van der Waals surface area contributed by atoms with Crippen molar-refractivity contribution in [3.05, 3.63) is 41.8 Å². The number of aromatic nitrogens is 2. The van der Waals surface area contributed by atoms with Crippen LogP contribution in [0.2, 0.25) is 0 Å². The summed E-state index contributed by atoms with van der Waals surface area (Å²) in [6, 6.07) is 5.96. The van der Waals surface area contributed by atoms with Crippen LogP contribution in [0.4, 0.5) is 9.18 Å². The molecule has 1 aromatic heterocycles. The van der Waals surface area contributed by atoms with Gasteiger partial charge in [-0.15, -0.1) is 0 Å². The van der Waals surface area contributed by atoms with Gasteiger partial charge >= 0.3 is 6.03 Å². The van der Waals surface area contributed by atoms with Crippen LogP contribution < -0.4 is 5.32 Å². The van der Waals surface area contributed by atoms with Gasteiger partial charge in [-0.1, -0.05) is 0 Å². The maximum atomic E-state index is 13.0. The molecule has 1 aliphatic heterocycles. The summed E-state index contributed by atoms with van der Waals surface area (Å²) >= 11 is 0. The van der Waals surface area contributed by atoms with E-state index in [1.165, 1.54) is 12.1 Å². The van der Waals surface area contributed by atoms with Crippen LogP contribution in [0.15, 0.2) is 30.5 Å². The molecule has 2 aromatic rings. The highest BCUT2D eigenvalue weighted by Gasteiger charge is 2.25. The third-order valence-electron chi connectivity index (χ3n) is 4.11. The molecule has 3 N–H and O–H groups in total. The lowest BCUT2D eigenvalue weighted by atomic mass is 10.1. The van der Waals surface area contributed by atoms with Crippen LogP contribution >= 0.6 is 0 Å². The number of benzene rings is 1. The Bertz CT molecular complexity index is 671. The molecular weight excluding hydrogens is 299 g/mol. The number of hydrogen-bond acceptors (Lipinski definition) is 3. The first-order valence-corrected chi connectivity index (χ1v) is 7.59. The van der Waals surface area contributed by atoms with Crippen LogP contribution in [-0.4, -0.2) is 45.9 Å². The standard InChI is InChI=1S/C16H19FN4O2/c17-14-3-1-12(2-4-14)15-13(8-19-20-15)7-18-16(23)21-6-5-11(9-21)10-22/h1-4,8,11,22H,5-7,9-10H2,(H,18,23)(H,19,20)/t11-/m1/s1. The number of urea groups is 1. The van der Waals surface area contributed by atoms with E-state index in [0.717, 1.165) is 23.2 Å². The third kappa shape index (κ3) is 3.50. The van der Waals surface area contributed by atoms with E-state index in [1.807, 2.05) is 0 Å². The molecule has 1 aliphatic rings. The Labute approximate surface area is 133 Å². The monoisotopic (exact) mass is 318 g/mol. The molecule has 2 heterocycles. The Morgan fingerprint density at radius 3 is 2.91 bits per heavy atom. The largest absolute Gasteiger partial charge is 0.396 e. The lowest BCUT2D eigenvalue weighted by molar-refractivity contribution is 0.198. The van der Waals surface area contributed by atoms with E-state index in [-0.39, 0.29) is 24.4 Å². The molecule has 6 nitrogen and oxygen atoms in total. The molecule has 0 saturated carbocycles. The first kappa shape index (κ1) is 15.5. The summed E-state index contributed by atoms with van der Waals surface area (Å²) < 4.78 is 13.0. The van der Waals surface area contributed by atoms with Crippen molar-refractivity contribution in [2.24, 2.45) is 5.92 Å². The van der Waals surface area contributed by atoms with Crippen LogP contribution in [0.1, 0.15) is 12.0 Å². The second kappa shape index (κ2) is 6.78. The molecule has 1 fully saturated rings. The predicted octanol–water partition coefficient (Wildman–Crippen LogP) is 1.74. The van der Waals surface area contributed by atoms with Crippen LogP contribution in [0.3, 0.4) is 0 Å². The highest BCUT2D eigenvalue weighted by molar-refractivity contribution is 5.75. The van der Waals surface area contributed by atoms with Crippen LogP contribution in [0, 0.1) is 11.7 Å². The Balaban J connectivity index is 1.62. The number of nitrogens with one attached hydrogen (secondary N) is 2. The molecule has 0 radical (unpaired) electrons. The minimum absolute atomic E-state index is 0.111. The molecule has 0 unspecified atom stereocenters. The van der Waals surface area contributed by atoms with Crippen LogP contribution in [-0.2, 0) is 6.54 Å². The zero-order valence-electron chi connectivity index (χ0n) is 12.6. The number of carbonyl (C=O) groups is 1. The number of aliphatic hydroxyl groups excluding tert-OH is 1. The molecule has 0 spiro atoms. The van der Waals surface area contributed by atoms with Gasteiger partial charge in [0.05, 0.1) is 11.9 Å². The first-order chi connectivity index (χ1) is 11.2. The average Bonchev–Trinajstić information content (AvgIpc) is 3.22. The topological polar surface area (TPSA) is 81.2 Å². The van der Waals surface area contributed by atoms with Gasteiger partial charge in [-0.2, -0.15) is 5.10 Å². The number of rotatable bonds is 4. The molecule has 1 saturated heterocycles. The van der Waals surface area contributed by atoms with Gasteiger partial charge in [0.2, 0.25) is 0 Å². The van der Waals surface area contributed by atoms with E-state index >= 15 is 0 Å². The Morgan fingerprint density at radius 1 is 1.43 bits per heavy atom. The molecular formula is C16H19FN4O2. The number of H-pyrrole nitrogens is 1. The number of hydrogen-bond donors (Lipinski definition) is 3. The minimum atomic E-state index is -0.296. The zero-order chi connectivity index (χ0) is 16.2. The Morgan fingerprint density at radius 2 is 2.22 bits per heavy atom. The molecule has 7 heteroatoms. The fourth-order valence-electron chi connectivity index (χ4n) is 2.76. The summed E-state index contributed by atoms with van der Waals surface area (Å²) in [6.45, 7) is 1.69. The number of halogens is 1. The van der Waals surface area contributed by atoms with Crippen LogP contribution in [0.25, 0.3) is 11.3 Å². The number of nitrogens with zero attached hydrogens (tertiary/aromatic N) is 2. The summed E-state index contributed by atoms with van der Waals surface area (Å²) in [5.74, 6) is -0.125. The summed E-state index contributed by atoms with van der Waals surface area (Å²) in [4.78, 5) is 13.9. The second-order valence-corrected chi connectivity index (χ2v) is 5.72. The van der Waals surface area contributed by atoms with E-state index in [9.17, 15) is 9.18 Å². The summed E-state index contributed by atoms with van der Waals surface area (Å²) in [5.41, 5.74) is 2.41. The third-order valence-corrected chi connectivity index (χ3v) is 4.11. The zero-order valence-corrected chi connectivity index (χ0v) is 12.6. The van der Waals surface area contributed by atoms with Gasteiger partial charge in [0, 0.05) is 43.3 Å². The predicted molar refractivity (Wildman–Crippen MR) is 83.0 cm³/mol. The van der Waals surface area contributed by atoms with Gasteiger partial charge in [0.25, 0.3) is 0 Å². The van der Waals surface area contributed by atoms with Crippen molar-refractivity contribution in [3.63, 3.8) is 0 Å². The van der Waals surface area contributed by atoms with E-state index < -0.39 is 0 Å². The number of likely N-dealkylation sites (tertiary alicyclic amines) is 1. The van der Waals surface area contributed by atoms with Gasteiger partial charge in [-0.05, 0) is 30.7 Å². The first-order valence-electron chi connectivity index (χ1n) is 7.59. The van der Waals surface area contributed by atoms with Crippen molar-refractivity contribution in [1.82, 2.24) is 20.4 Å². The fraction of sp³-hybridized carbons (Fsp3) is 0.375. The van der Waals surface area contributed by atoms with Gasteiger partial charge in [-0.3, -0.25) is 5.10 Å². The maximum absolute atomic E-state index is 13.0. The molecule has 122 valence electrons. The summed E-state index contributed by atoms with van der Waals surface area (Å²) in [6.07, 6.45) is 2.48. The van der Waals surface area contributed by atoms with E-state index in [2.05, 4.69) is 15.5 Å². The molecule has 0 bridgehead atoms. The molecule has 2 amide bonds. The lowest BCUT2D eigenvalue weighted by Gasteiger charge is -2.17. The van der Waals surface area contributed by atoms with Crippen molar-refractivity contribution in [2.75, 3.05) is 19.7 Å². The Kier molecular flexibility index (Phi) is 4.57. The van der Waals surface area contributed by atoms with Crippen molar-refractivity contribution in [2.45, 2.75) is 13.0 Å². The average molecular weight is 318 g/mol. The van der Waals surface area contributed by atoms with E-state index in [4.69, 9.17) is 5.11 Å². The van der Waals surface area contributed by atoms with E-state index in [1.54, 1.807) is 23.2 Å². The SMILES string of the molecule is O=C(NCc1cn[nH]c1-c1ccc(F)cc1)N1CC[C@@H](CO)C1. The van der Waals surface area contributed by atoms with Crippen molar-refractivity contribution in [3.8, 4) is 11.3 Å². The highest BCUT2D eigenvalue weighted by Crippen LogP contribution is 2.21. The number of aliphatic hydroxyl groups is 1. The van der Waals surface area contributed by atoms with E-state index in [0.29, 0.717) is 19.6 Å². The smallest absolute Gasteiger partial charge is 0.317 e. The Hall–Kier alpha value is -2.41. The van der Waals surface area contributed by atoms with Crippen molar-refractivity contribution >= 4 is 6.03 Å². The van der Waals surface area contributed by atoms with Gasteiger partial charge in [-0.25, -0.2) is 9.18 Å². The lowest BCUT2D eigenvalue weighted by Crippen LogP contribution is -2.38. The number of amides is 2. The second-order valence-electron chi connectivity index (χ2n) is 5.72. The van der Waals surface area contributed by atoms with Crippen molar-refractivity contribution in [1.29, 1.82) is 0 Å². The summed E-state index contributed by atoms with van der Waals surface area (Å²) in [7, 11) is 0. The number of aromatic amines is 1. The molecule has 3 rings (SSSR count). The fourth-order valence-corrected chi connectivity index (χ4v) is 2.76. The molecule has 23 heavy (non-hydrogen) atoms. The molecule has 0 aliphatic carbocycles. The molecule has 1 atom stereocenters. The highest BCUT2D eigenvalue weighted by atomic mass is 19.1. The summed E-state index contributed by atoms with van der Waals surface area (Å²) in [5, 5.41) is 18.9. The minimum Gasteiger partial charge on any atom is -0.396 e. The van der Waals surface area contributed by atoms with Crippen LogP contribution in [0.5, 0.6) is 0 Å². The van der Waals surface area contributed by atoms with Gasteiger partial charge < -0.3 is 15.3 Å². The quantitative estimate of drug-likeness (QED) is 0.803. The number of carbonyl (C=O) groups excluding carboxylic acids is 1.